The van der Waals surface area contributed by atoms with Crippen molar-refractivity contribution >= 4 is 15.9 Å². The molecule has 1 aromatic carbocycles. The summed E-state index contributed by atoms with van der Waals surface area (Å²) in [4.78, 5) is 2.26. The average Bonchev–Trinajstić information content (AvgIpc) is 3.02. The van der Waals surface area contributed by atoms with Gasteiger partial charge in [0.1, 0.15) is 11.6 Å². The minimum Gasteiger partial charge on any atom is -0.312 e. The largest absolute Gasteiger partial charge is 0.312 e. The van der Waals surface area contributed by atoms with Crippen molar-refractivity contribution in [2.45, 2.75) is 50.7 Å². The molecule has 0 aliphatic carbocycles. The molecule has 2 unspecified atom stereocenters. The summed E-state index contributed by atoms with van der Waals surface area (Å²) in [6.45, 7) is 2.35. The molecule has 0 saturated carbocycles. The molecule has 1 N–H and O–H groups in total. The Bertz CT molecular complexity index is 503. The lowest BCUT2D eigenvalue weighted by molar-refractivity contribution is 0.109. The molecule has 0 aromatic heterocycles. The van der Waals surface area contributed by atoms with Gasteiger partial charge in [0, 0.05) is 24.2 Å². The van der Waals surface area contributed by atoms with Gasteiger partial charge in [0.15, 0.2) is 0 Å². The summed E-state index contributed by atoms with van der Waals surface area (Å²) in [5, 5.41) is 3.54. The quantitative estimate of drug-likeness (QED) is 0.826. The zero-order valence-electron chi connectivity index (χ0n) is 12.0. The lowest BCUT2D eigenvalue weighted by Gasteiger charge is -2.39. The fourth-order valence-corrected chi connectivity index (χ4v) is 4.00. The number of hydrogen-bond acceptors (Lipinski definition) is 2. The van der Waals surface area contributed by atoms with Gasteiger partial charge in [-0.05, 0) is 66.8 Å². The van der Waals surface area contributed by atoms with Crippen LogP contribution < -0.4 is 5.32 Å². The molecule has 2 aliphatic heterocycles. The first-order valence-electron chi connectivity index (χ1n) is 7.76. The van der Waals surface area contributed by atoms with E-state index in [1.54, 1.807) is 0 Å². The van der Waals surface area contributed by atoms with Crippen LogP contribution in [-0.4, -0.2) is 30.1 Å². The van der Waals surface area contributed by atoms with E-state index in [0.29, 0.717) is 23.1 Å². The van der Waals surface area contributed by atoms with E-state index < -0.39 is 11.6 Å². The fraction of sp³-hybridized carbons (Fsp3) is 0.625. The Morgan fingerprint density at radius 1 is 1.19 bits per heavy atom. The number of hydrogen-bond donors (Lipinski definition) is 1. The summed E-state index contributed by atoms with van der Waals surface area (Å²) in [6, 6.07) is 3.65. The summed E-state index contributed by atoms with van der Waals surface area (Å²) in [7, 11) is 0. The minimum absolute atomic E-state index is 0.189. The van der Waals surface area contributed by atoms with Crippen LogP contribution in [0.1, 0.15) is 37.7 Å². The molecular formula is C16H21BrF2N2. The molecule has 2 fully saturated rings. The number of nitrogens with zero attached hydrogens (tertiary/aromatic N) is 1. The Morgan fingerprint density at radius 3 is 2.81 bits per heavy atom. The molecule has 2 saturated heterocycles. The minimum atomic E-state index is -0.460. The van der Waals surface area contributed by atoms with Gasteiger partial charge in [-0.1, -0.05) is 6.42 Å². The molecule has 3 rings (SSSR count). The lowest BCUT2D eigenvalue weighted by Crippen LogP contribution is -2.49. The summed E-state index contributed by atoms with van der Waals surface area (Å²) in [6.07, 6.45) is 5.82. The summed E-state index contributed by atoms with van der Waals surface area (Å²) >= 11 is 3.15. The van der Waals surface area contributed by atoms with Crippen LogP contribution in [0.2, 0.25) is 0 Å². The molecular weight excluding hydrogens is 338 g/mol. The van der Waals surface area contributed by atoms with Crippen molar-refractivity contribution in [1.82, 2.24) is 10.2 Å². The molecule has 21 heavy (non-hydrogen) atoms. The van der Waals surface area contributed by atoms with Gasteiger partial charge in [-0.15, -0.1) is 0 Å². The van der Waals surface area contributed by atoms with Gasteiger partial charge in [0.05, 0.1) is 4.47 Å². The Hall–Kier alpha value is -0.520. The van der Waals surface area contributed by atoms with Gasteiger partial charge >= 0.3 is 0 Å². The standard InChI is InChI=1S/C16H21BrF2N2/c17-12-6-7-13(18)11(16(12)19)10-21-9-2-1-5-15(21)14-4-3-8-20-14/h6-7,14-15,20H,1-5,8-10H2. The third-order valence-corrected chi connectivity index (χ3v) is 5.34. The summed E-state index contributed by atoms with van der Waals surface area (Å²) in [5.41, 5.74) is 0.189. The molecule has 0 radical (unpaired) electrons. The van der Waals surface area contributed by atoms with Crippen molar-refractivity contribution in [2.24, 2.45) is 0 Å². The second-order valence-electron chi connectivity index (χ2n) is 6.06. The molecule has 2 aliphatic rings. The molecule has 0 bridgehead atoms. The van der Waals surface area contributed by atoms with Crippen LogP contribution in [0, 0.1) is 11.6 Å². The number of halogens is 3. The zero-order valence-corrected chi connectivity index (χ0v) is 13.6. The third-order valence-electron chi connectivity index (χ3n) is 4.73. The number of likely N-dealkylation sites (tertiary alicyclic amines) is 1. The van der Waals surface area contributed by atoms with Crippen LogP contribution in [0.5, 0.6) is 0 Å². The van der Waals surface area contributed by atoms with Crippen LogP contribution in [0.25, 0.3) is 0 Å². The smallest absolute Gasteiger partial charge is 0.144 e. The predicted octanol–water partition coefficient (Wildman–Crippen LogP) is 3.83. The van der Waals surface area contributed by atoms with E-state index in [1.807, 2.05) is 0 Å². The highest BCUT2D eigenvalue weighted by molar-refractivity contribution is 9.10. The Morgan fingerprint density at radius 2 is 2.05 bits per heavy atom. The van der Waals surface area contributed by atoms with Crippen LogP contribution in [0.4, 0.5) is 8.78 Å². The third kappa shape index (κ3) is 3.30. The van der Waals surface area contributed by atoms with Crippen LogP contribution in [0.15, 0.2) is 16.6 Å². The van der Waals surface area contributed by atoms with Gasteiger partial charge in [-0.3, -0.25) is 4.90 Å². The monoisotopic (exact) mass is 358 g/mol. The molecule has 0 spiro atoms. The SMILES string of the molecule is Fc1ccc(Br)c(F)c1CN1CCCCC1C1CCCN1. The number of piperidine rings is 1. The van der Waals surface area contributed by atoms with Crippen molar-refractivity contribution in [3.8, 4) is 0 Å². The maximum atomic E-state index is 14.2. The topological polar surface area (TPSA) is 15.3 Å². The summed E-state index contributed by atoms with van der Waals surface area (Å²) < 4.78 is 28.5. The maximum absolute atomic E-state index is 14.2. The molecule has 5 heteroatoms. The average molecular weight is 359 g/mol. The van der Waals surface area contributed by atoms with Crippen molar-refractivity contribution in [3.05, 3.63) is 33.8 Å². The Labute approximate surface area is 133 Å². The number of benzene rings is 1. The van der Waals surface area contributed by atoms with E-state index in [1.165, 1.54) is 31.4 Å². The van der Waals surface area contributed by atoms with Crippen LogP contribution >= 0.6 is 15.9 Å². The molecule has 116 valence electrons. The predicted molar refractivity (Wildman–Crippen MR) is 83.1 cm³/mol. The first-order chi connectivity index (χ1) is 10.2. The lowest BCUT2D eigenvalue weighted by atomic mass is 9.94. The number of rotatable bonds is 3. The van der Waals surface area contributed by atoms with Crippen molar-refractivity contribution in [1.29, 1.82) is 0 Å². The van der Waals surface area contributed by atoms with Crippen molar-refractivity contribution in [3.63, 3.8) is 0 Å². The molecule has 1 aromatic rings. The molecule has 2 atom stereocenters. The Balaban J connectivity index is 1.80. The maximum Gasteiger partial charge on any atom is 0.144 e. The van der Waals surface area contributed by atoms with E-state index in [2.05, 4.69) is 26.1 Å². The van der Waals surface area contributed by atoms with Gasteiger partial charge in [0.2, 0.25) is 0 Å². The van der Waals surface area contributed by atoms with E-state index in [0.717, 1.165) is 25.9 Å². The molecule has 2 nitrogen and oxygen atoms in total. The van der Waals surface area contributed by atoms with Gasteiger partial charge in [-0.25, -0.2) is 8.78 Å². The highest BCUT2D eigenvalue weighted by Gasteiger charge is 2.32. The van der Waals surface area contributed by atoms with E-state index >= 15 is 0 Å². The molecule has 2 heterocycles. The normalized spacial score (nSPS) is 27.2. The van der Waals surface area contributed by atoms with Crippen LogP contribution in [-0.2, 0) is 6.54 Å². The van der Waals surface area contributed by atoms with Crippen molar-refractivity contribution in [2.75, 3.05) is 13.1 Å². The second kappa shape index (κ2) is 6.71. The van der Waals surface area contributed by atoms with E-state index in [4.69, 9.17) is 0 Å². The van der Waals surface area contributed by atoms with Crippen LogP contribution in [0.3, 0.4) is 0 Å². The second-order valence-corrected chi connectivity index (χ2v) is 6.91. The Kier molecular flexibility index (Phi) is 4.92. The van der Waals surface area contributed by atoms with Gasteiger partial charge in [-0.2, -0.15) is 0 Å². The first kappa shape index (κ1) is 15.4. The number of nitrogens with one attached hydrogen (secondary N) is 1. The molecule has 0 amide bonds. The van der Waals surface area contributed by atoms with Gasteiger partial charge < -0.3 is 5.32 Å². The summed E-state index contributed by atoms with van der Waals surface area (Å²) in [5.74, 6) is -0.905. The highest BCUT2D eigenvalue weighted by Crippen LogP contribution is 2.28. The van der Waals surface area contributed by atoms with E-state index in [9.17, 15) is 8.78 Å². The van der Waals surface area contributed by atoms with E-state index in [-0.39, 0.29) is 5.56 Å². The fourth-order valence-electron chi connectivity index (χ4n) is 3.63. The van der Waals surface area contributed by atoms with Gasteiger partial charge in [0.25, 0.3) is 0 Å². The van der Waals surface area contributed by atoms with Crippen molar-refractivity contribution < 1.29 is 8.78 Å². The zero-order chi connectivity index (χ0) is 14.8. The first-order valence-corrected chi connectivity index (χ1v) is 8.56. The highest BCUT2D eigenvalue weighted by atomic mass is 79.9.